The maximum absolute atomic E-state index is 11.5. The van der Waals surface area contributed by atoms with Gasteiger partial charge in [-0.25, -0.2) is 4.79 Å². The van der Waals surface area contributed by atoms with E-state index in [4.69, 9.17) is 22.1 Å². The minimum atomic E-state index is -0.827. The highest BCUT2D eigenvalue weighted by Gasteiger charge is 2.18. The SMILES string of the molecule is COCCn1c(N)c(C(=O)CCl)c(=O)[nH]c1=O. The molecule has 1 aromatic rings. The Morgan fingerprint density at radius 1 is 1.53 bits per heavy atom. The summed E-state index contributed by atoms with van der Waals surface area (Å²) in [7, 11) is 1.46. The first-order valence-corrected chi connectivity index (χ1v) is 5.27. The quantitative estimate of drug-likeness (QED) is 0.532. The summed E-state index contributed by atoms with van der Waals surface area (Å²) < 4.78 is 5.85. The van der Waals surface area contributed by atoms with Crippen LogP contribution in [0.25, 0.3) is 0 Å². The predicted octanol–water partition coefficient (Wildman–Crippen LogP) is -0.813. The van der Waals surface area contributed by atoms with Crippen LogP contribution in [0.1, 0.15) is 10.4 Å². The first-order valence-electron chi connectivity index (χ1n) is 4.73. The molecule has 0 spiro atoms. The number of hydrogen-bond donors (Lipinski definition) is 2. The van der Waals surface area contributed by atoms with Gasteiger partial charge in [0.1, 0.15) is 11.4 Å². The Bertz CT molecular complexity index is 534. The number of Topliss-reactive ketones (excluding diaryl/α,β-unsaturated/α-hetero) is 1. The van der Waals surface area contributed by atoms with Crippen LogP contribution in [0.15, 0.2) is 9.59 Å². The Labute approximate surface area is 101 Å². The molecular formula is C9H12ClN3O4. The molecule has 8 heteroatoms. The molecule has 1 heterocycles. The van der Waals surface area contributed by atoms with Crippen molar-refractivity contribution in [2.75, 3.05) is 25.3 Å². The second kappa shape index (κ2) is 5.65. The van der Waals surface area contributed by atoms with Crippen molar-refractivity contribution in [1.82, 2.24) is 9.55 Å². The van der Waals surface area contributed by atoms with Gasteiger partial charge in [0.15, 0.2) is 5.78 Å². The molecule has 0 bridgehead atoms. The fourth-order valence-electron chi connectivity index (χ4n) is 1.33. The number of nitrogens with one attached hydrogen (secondary N) is 1. The van der Waals surface area contributed by atoms with Gasteiger partial charge in [-0.1, -0.05) is 0 Å². The lowest BCUT2D eigenvalue weighted by Crippen LogP contribution is -2.37. The number of nitrogens with two attached hydrogens (primary N) is 1. The Balaban J connectivity index is 3.38. The summed E-state index contributed by atoms with van der Waals surface area (Å²) >= 11 is 5.36. The van der Waals surface area contributed by atoms with E-state index in [0.29, 0.717) is 0 Å². The molecule has 1 rings (SSSR count). The van der Waals surface area contributed by atoms with Gasteiger partial charge in [-0.15, -0.1) is 11.6 Å². The molecule has 0 aliphatic heterocycles. The summed E-state index contributed by atoms with van der Waals surface area (Å²) in [5.41, 5.74) is 3.80. The molecule has 7 nitrogen and oxygen atoms in total. The van der Waals surface area contributed by atoms with Gasteiger partial charge in [0, 0.05) is 7.11 Å². The van der Waals surface area contributed by atoms with Gasteiger partial charge >= 0.3 is 5.69 Å². The maximum atomic E-state index is 11.5. The van der Waals surface area contributed by atoms with E-state index >= 15 is 0 Å². The normalized spacial score (nSPS) is 10.5. The van der Waals surface area contributed by atoms with Crippen LogP contribution in [0.4, 0.5) is 5.82 Å². The lowest BCUT2D eigenvalue weighted by Gasteiger charge is -2.10. The Morgan fingerprint density at radius 2 is 2.18 bits per heavy atom. The average molecular weight is 262 g/mol. The van der Waals surface area contributed by atoms with Crippen LogP contribution in [0.2, 0.25) is 0 Å². The molecule has 0 amide bonds. The van der Waals surface area contributed by atoms with Gasteiger partial charge in [0.25, 0.3) is 5.56 Å². The average Bonchev–Trinajstić information content (AvgIpc) is 2.28. The van der Waals surface area contributed by atoms with Crippen molar-refractivity contribution < 1.29 is 9.53 Å². The molecule has 0 atom stereocenters. The first kappa shape index (κ1) is 13.5. The number of alkyl halides is 1. The summed E-state index contributed by atoms with van der Waals surface area (Å²) in [6, 6.07) is 0. The topological polar surface area (TPSA) is 107 Å². The van der Waals surface area contributed by atoms with Crippen molar-refractivity contribution in [3.8, 4) is 0 Å². The van der Waals surface area contributed by atoms with Crippen molar-refractivity contribution in [3.63, 3.8) is 0 Å². The van der Waals surface area contributed by atoms with Crippen LogP contribution < -0.4 is 17.0 Å². The van der Waals surface area contributed by atoms with E-state index in [9.17, 15) is 14.4 Å². The van der Waals surface area contributed by atoms with Crippen molar-refractivity contribution >= 4 is 23.2 Å². The Hall–Kier alpha value is -1.60. The smallest absolute Gasteiger partial charge is 0.330 e. The molecular weight excluding hydrogens is 250 g/mol. The molecule has 0 aromatic carbocycles. The van der Waals surface area contributed by atoms with E-state index in [1.807, 2.05) is 4.98 Å². The van der Waals surface area contributed by atoms with Crippen molar-refractivity contribution in [3.05, 3.63) is 26.4 Å². The number of ketones is 1. The molecule has 0 saturated heterocycles. The van der Waals surface area contributed by atoms with E-state index in [1.54, 1.807) is 0 Å². The molecule has 0 unspecified atom stereocenters. The van der Waals surface area contributed by atoms with Crippen molar-refractivity contribution in [1.29, 1.82) is 0 Å². The zero-order valence-electron chi connectivity index (χ0n) is 9.16. The van der Waals surface area contributed by atoms with Crippen LogP contribution in [0, 0.1) is 0 Å². The summed E-state index contributed by atoms with van der Waals surface area (Å²) in [6.07, 6.45) is 0. The number of carbonyl (C=O) groups is 1. The monoisotopic (exact) mass is 261 g/mol. The molecule has 0 radical (unpaired) electrons. The largest absolute Gasteiger partial charge is 0.384 e. The maximum Gasteiger partial charge on any atom is 0.330 e. The predicted molar refractivity (Wildman–Crippen MR) is 62.7 cm³/mol. The van der Waals surface area contributed by atoms with E-state index in [1.165, 1.54) is 7.11 Å². The minimum absolute atomic E-state index is 0.139. The van der Waals surface area contributed by atoms with Crippen LogP contribution in [0.5, 0.6) is 0 Å². The van der Waals surface area contributed by atoms with Gasteiger partial charge in [0.2, 0.25) is 0 Å². The minimum Gasteiger partial charge on any atom is -0.384 e. The fraction of sp³-hybridized carbons (Fsp3) is 0.444. The number of nitrogens with zero attached hydrogens (tertiary/aromatic N) is 1. The van der Waals surface area contributed by atoms with Gasteiger partial charge in [-0.2, -0.15) is 0 Å². The van der Waals surface area contributed by atoms with Gasteiger partial charge in [-0.05, 0) is 0 Å². The van der Waals surface area contributed by atoms with E-state index in [0.717, 1.165) is 4.57 Å². The highest BCUT2D eigenvalue weighted by molar-refractivity contribution is 6.30. The number of aromatic amines is 1. The number of anilines is 1. The highest BCUT2D eigenvalue weighted by atomic mass is 35.5. The zero-order chi connectivity index (χ0) is 13.0. The van der Waals surface area contributed by atoms with Crippen molar-refractivity contribution in [2.24, 2.45) is 0 Å². The Kier molecular flexibility index (Phi) is 4.47. The molecule has 3 N–H and O–H groups in total. The molecule has 0 saturated carbocycles. The molecule has 0 aliphatic rings. The third kappa shape index (κ3) is 2.75. The number of halogens is 1. The highest BCUT2D eigenvalue weighted by Crippen LogP contribution is 2.05. The summed E-state index contributed by atoms with van der Waals surface area (Å²) in [4.78, 5) is 36.3. The van der Waals surface area contributed by atoms with Gasteiger partial charge in [0.05, 0.1) is 19.0 Å². The van der Waals surface area contributed by atoms with E-state index < -0.39 is 17.0 Å². The zero-order valence-corrected chi connectivity index (χ0v) is 9.91. The van der Waals surface area contributed by atoms with E-state index in [2.05, 4.69) is 0 Å². The number of rotatable bonds is 5. The number of hydrogen-bond acceptors (Lipinski definition) is 5. The number of carbonyl (C=O) groups excluding carboxylic acids is 1. The van der Waals surface area contributed by atoms with Crippen LogP contribution in [-0.2, 0) is 11.3 Å². The molecule has 1 aromatic heterocycles. The number of H-pyrrole nitrogens is 1. The lowest BCUT2D eigenvalue weighted by atomic mass is 10.2. The second-order valence-corrected chi connectivity index (χ2v) is 3.49. The third-order valence-corrected chi connectivity index (χ3v) is 2.40. The summed E-state index contributed by atoms with van der Waals surface area (Å²) in [5.74, 6) is -1.20. The lowest BCUT2D eigenvalue weighted by molar-refractivity contribution is 0.101. The molecule has 0 fully saturated rings. The number of nitrogen functional groups attached to an aromatic ring is 1. The standard InChI is InChI=1S/C9H12ClN3O4/c1-17-3-2-13-7(11)6(5(14)4-10)8(15)12-9(13)16/h2-4,11H2,1H3,(H,12,15,16). The second-order valence-electron chi connectivity index (χ2n) is 3.22. The van der Waals surface area contributed by atoms with Crippen LogP contribution in [-0.4, -0.2) is 34.9 Å². The van der Waals surface area contributed by atoms with E-state index in [-0.39, 0.29) is 30.4 Å². The molecule has 17 heavy (non-hydrogen) atoms. The van der Waals surface area contributed by atoms with Crippen LogP contribution >= 0.6 is 11.6 Å². The fourth-order valence-corrected chi connectivity index (χ4v) is 1.46. The van der Waals surface area contributed by atoms with Gasteiger partial charge in [-0.3, -0.25) is 19.1 Å². The molecule has 0 aliphatic carbocycles. The number of ether oxygens (including phenoxy) is 1. The Morgan fingerprint density at radius 3 is 2.71 bits per heavy atom. The number of methoxy groups -OCH3 is 1. The van der Waals surface area contributed by atoms with Crippen molar-refractivity contribution in [2.45, 2.75) is 6.54 Å². The third-order valence-electron chi connectivity index (χ3n) is 2.16. The first-order chi connectivity index (χ1) is 8.02. The summed E-state index contributed by atoms with van der Waals surface area (Å²) in [5, 5.41) is 0. The van der Waals surface area contributed by atoms with Crippen LogP contribution in [0.3, 0.4) is 0 Å². The summed E-state index contributed by atoms with van der Waals surface area (Å²) in [6.45, 7) is 0.366. The number of aromatic nitrogens is 2. The van der Waals surface area contributed by atoms with Gasteiger partial charge < -0.3 is 10.5 Å². The molecule has 94 valence electrons.